The number of non-ortho nitro benzene ring substituents is 1. The van der Waals surface area contributed by atoms with Crippen molar-refractivity contribution in [3.05, 3.63) is 108 Å². The maximum absolute atomic E-state index is 13.4. The lowest BCUT2D eigenvalue weighted by atomic mass is 9.98. The van der Waals surface area contributed by atoms with Crippen LogP contribution < -0.4 is 5.43 Å². The fourth-order valence-corrected chi connectivity index (χ4v) is 4.21. The standard InChI is InChI=1S/C22H13BrN2O6/c23-13-5-8-17-16(10-13)20(26)18-19(12-3-6-14(7-4-12)25(28)29)24(22(27)21(18)31-17)11-15-2-1-9-30-15/h1-10,19H,11H2/t19-/m0/s1. The molecule has 154 valence electrons. The van der Waals surface area contributed by atoms with E-state index in [4.69, 9.17) is 8.83 Å². The van der Waals surface area contributed by atoms with E-state index in [1.54, 1.807) is 42.5 Å². The van der Waals surface area contributed by atoms with E-state index in [0.717, 1.165) is 0 Å². The zero-order valence-corrected chi connectivity index (χ0v) is 17.4. The van der Waals surface area contributed by atoms with Crippen molar-refractivity contribution in [3.63, 3.8) is 0 Å². The Morgan fingerprint density at radius 2 is 1.87 bits per heavy atom. The van der Waals surface area contributed by atoms with Crippen LogP contribution in [0.4, 0.5) is 5.69 Å². The summed E-state index contributed by atoms with van der Waals surface area (Å²) < 4.78 is 12.0. The molecule has 3 heterocycles. The molecule has 0 saturated heterocycles. The second-order valence-corrected chi connectivity index (χ2v) is 7.99. The first-order valence-corrected chi connectivity index (χ1v) is 10.1. The number of nitro benzene ring substituents is 1. The highest BCUT2D eigenvalue weighted by atomic mass is 79.9. The van der Waals surface area contributed by atoms with E-state index in [0.29, 0.717) is 26.8 Å². The van der Waals surface area contributed by atoms with Gasteiger partial charge in [-0.25, -0.2) is 0 Å². The van der Waals surface area contributed by atoms with Gasteiger partial charge in [0.1, 0.15) is 11.3 Å². The molecule has 0 spiro atoms. The number of nitrogens with zero attached hydrogens (tertiary/aromatic N) is 2. The molecular formula is C22H13BrN2O6. The zero-order chi connectivity index (χ0) is 21.7. The Morgan fingerprint density at radius 1 is 1.10 bits per heavy atom. The van der Waals surface area contributed by atoms with Crippen LogP contribution in [0.25, 0.3) is 11.0 Å². The van der Waals surface area contributed by atoms with E-state index < -0.39 is 16.9 Å². The first-order valence-electron chi connectivity index (χ1n) is 9.28. The Kier molecular flexibility index (Phi) is 4.48. The fourth-order valence-electron chi connectivity index (χ4n) is 3.85. The normalized spacial score (nSPS) is 15.5. The largest absolute Gasteiger partial charge is 0.467 e. The monoisotopic (exact) mass is 480 g/mol. The molecule has 1 amide bonds. The van der Waals surface area contributed by atoms with Gasteiger partial charge in [-0.05, 0) is 48.0 Å². The molecule has 5 rings (SSSR count). The maximum atomic E-state index is 13.4. The molecule has 1 aliphatic rings. The fraction of sp³-hybridized carbons (Fsp3) is 0.0909. The molecule has 31 heavy (non-hydrogen) atoms. The number of furan rings is 1. The molecule has 0 N–H and O–H groups in total. The molecule has 0 bridgehead atoms. The number of hydrogen-bond acceptors (Lipinski definition) is 6. The Morgan fingerprint density at radius 3 is 2.55 bits per heavy atom. The van der Waals surface area contributed by atoms with Gasteiger partial charge in [-0.2, -0.15) is 0 Å². The van der Waals surface area contributed by atoms with Crippen molar-refractivity contribution in [2.45, 2.75) is 12.6 Å². The minimum absolute atomic E-state index is 0.0327. The number of halogens is 1. The smallest absolute Gasteiger partial charge is 0.291 e. The second-order valence-electron chi connectivity index (χ2n) is 7.08. The van der Waals surface area contributed by atoms with Crippen molar-refractivity contribution in [1.29, 1.82) is 0 Å². The van der Waals surface area contributed by atoms with Crippen LogP contribution in [-0.2, 0) is 6.54 Å². The van der Waals surface area contributed by atoms with Gasteiger partial charge >= 0.3 is 0 Å². The van der Waals surface area contributed by atoms with E-state index in [1.165, 1.54) is 23.3 Å². The van der Waals surface area contributed by atoms with Crippen molar-refractivity contribution in [1.82, 2.24) is 4.90 Å². The molecule has 0 saturated carbocycles. The average molecular weight is 481 g/mol. The molecule has 2 aromatic carbocycles. The minimum atomic E-state index is -0.770. The Labute approximate surface area is 183 Å². The molecule has 2 aromatic heterocycles. The van der Waals surface area contributed by atoms with Crippen LogP contribution in [0.5, 0.6) is 0 Å². The second kappa shape index (κ2) is 7.21. The molecule has 0 radical (unpaired) electrons. The quantitative estimate of drug-likeness (QED) is 0.306. The Hall–Kier alpha value is -3.72. The van der Waals surface area contributed by atoms with Gasteiger partial charge in [0.25, 0.3) is 11.6 Å². The summed E-state index contributed by atoms with van der Waals surface area (Å²) in [4.78, 5) is 38.7. The van der Waals surface area contributed by atoms with Gasteiger partial charge in [0, 0.05) is 16.6 Å². The van der Waals surface area contributed by atoms with Gasteiger partial charge in [0.05, 0.1) is 34.7 Å². The van der Waals surface area contributed by atoms with Crippen molar-refractivity contribution in [2.75, 3.05) is 0 Å². The summed E-state index contributed by atoms with van der Waals surface area (Å²) in [5.74, 6) is 0.0548. The molecule has 0 unspecified atom stereocenters. The summed E-state index contributed by atoms with van der Waals surface area (Å²) in [5.41, 5.74) is 0.668. The predicted molar refractivity (Wildman–Crippen MR) is 114 cm³/mol. The highest BCUT2D eigenvalue weighted by Gasteiger charge is 2.43. The molecule has 0 aliphatic carbocycles. The summed E-state index contributed by atoms with van der Waals surface area (Å²) in [6.07, 6.45) is 1.50. The van der Waals surface area contributed by atoms with Crippen LogP contribution >= 0.6 is 15.9 Å². The Balaban J connectivity index is 1.73. The van der Waals surface area contributed by atoms with E-state index in [1.807, 2.05) is 0 Å². The molecule has 1 atom stereocenters. The molecule has 1 aliphatic heterocycles. The highest BCUT2D eigenvalue weighted by Crippen LogP contribution is 2.39. The number of amides is 1. The first-order chi connectivity index (χ1) is 14.9. The number of nitro groups is 1. The molecular weight excluding hydrogens is 468 g/mol. The lowest BCUT2D eigenvalue weighted by molar-refractivity contribution is -0.384. The summed E-state index contributed by atoms with van der Waals surface area (Å²) in [7, 11) is 0. The highest BCUT2D eigenvalue weighted by molar-refractivity contribution is 9.10. The maximum Gasteiger partial charge on any atom is 0.291 e. The van der Waals surface area contributed by atoms with Crippen LogP contribution in [-0.4, -0.2) is 15.7 Å². The number of hydrogen-bond donors (Lipinski definition) is 0. The van der Waals surface area contributed by atoms with Crippen LogP contribution in [0.2, 0.25) is 0 Å². The van der Waals surface area contributed by atoms with Crippen molar-refractivity contribution in [3.8, 4) is 0 Å². The number of carbonyl (C=O) groups is 1. The Bertz CT molecular complexity index is 1390. The number of benzene rings is 2. The topological polar surface area (TPSA) is 107 Å². The first kappa shape index (κ1) is 19.3. The summed E-state index contributed by atoms with van der Waals surface area (Å²) in [6, 6.07) is 13.5. The van der Waals surface area contributed by atoms with E-state index in [9.17, 15) is 19.7 Å². The van der Waals surface area contributed by atoms with E-state index in [-0.39, 0.29) is 29.0 Å². The number of fused-ring (bicyclic) bond motifs is 2. The van der Waals surface area contributed by atoms with Gasteiger partial charge in [0.15, 0.2) is 5.43 Å². The minimum Gasteiger partial charge on any atom is -0.467 e. The van der Waals surface area contributed by atoms with Crippen molar-refractivity contribution in [2.24, 2.45) is 0 Å². The third kappa shape index (κ3) is 3.14. The predicted octanol–water partition coefficient (Wildman–Crippen LogP) is 4.80. The van der Waals surface area contributed by atoms with E-state index in [2.05, 4.69) is 15.9 Å². The summed E-state index contributed by atoms with van der Waals surface area (Å²) in [5, 5.41) is 11.4. The third-order valence-electron chi connectivity index (χ3n) is 5.25. The van der Waals surface area contributed by atoms with Crippen LogP contribution in [0, 0.1) is 10.1 Å². The SMILES string of the molecule is O=C1c2oc3ccc(Br)cc3c(=O)c2[C@H](c2ccc([N+](=O)[O-])cc2)N1Cc1ccco1. The van der Waals surface area contributed by atoms with Gasteiger partial charge in [-0.15, -0.1) is 0 Å². The van der Waals surface area contributed by atoms with Gasteiger partial charge in [0.2, 0.25) is 5.76 Å². The van der Waals surface area contributed by atoms with Crippen molar-refractivity contribution >= 4 is 38.5 Å². The zero-order valence-electron chi connectivity index (χ0n) is 15.8. The lowest BCUT2D eigenvalue weighted by Gasteiger charge is -2.24. The molecule has 4 aromatic rings. The summed E-state index contributed by atoms with van der Waals surface area (Å²) >= 11 is 3.36. The molecule has 0 fully saturated rings. The third-order valence-corrected chi connectivity index (χ3v) is 5.75. The van der Waals surface area contributed by atoms with Gasteiger partial charge in [-0.3, -0.25) is 19.7 Å². The van der Waals surface area contributed by atoms with Gasteiger partial charge in [-0.1, -0.05) is 15.9 Å². The number of carbonyl (C=O) groups excluding carboxylic acids is 1. The van der Waals surface area contributed by atoms with Gasteiger partial charge < -0.3 is 13.7 Å². The summed E-state index contributed by atoms with van der Waals surface area (Å²) in [6.45, 7) is 0.108. The lowest BCUT2D eigenvalue weighted by Crippen LogP contribution is -2.29. The van der Waals surface area contributed by atoms with Crippen LogP contribution in [0.15, 0.2) is 79.0 Å². The molecule has 9 heteroatoms. The van der Waals surface area contributed by atoms with E-state index >= 15 is 0 Å². The van der Waals surface area contributed by atoms with Crippen LogP contribution in [0.1, 0.15) is 33.5 Å². The van der Waals surface area contributed by atoms with Crippen LogP contribution in [0.3, 0.4) is 0 Å². The molecule has 8 nitrogen and oxygen atoms in total. The van der Waals surface area contributed by atoms with Crippen molar-refractivity contribution < 1.29 is 18.6 Å². The average Bonchev–Trinajstić information content (AvgIpc) is 3.36. The number of rotatable bonds is 4.